The molecule has 3 nitrogen and oxygen atoms in total. The van der Waals surface area contributed by atoms with Crippen LogP contribution in [0.3, 0.4) is 0 Å². The molecule has 0 radical (unpaired) electrons. The Bertz CT molecular complexity index is 546. The van der Waals surface area contributed by atoms with Crippen LogP contribution in [0.15, 0.2) is 54.6 Å². The number of hydrogen-bond acceptors (Lipinski definition) is 2. The highest BCUT2D eigenvalue weighted by Crippen LogP contribution is 2.16. The first-order valence-corrected chi connectivity index (χ1v) is 6.71. The number of carbonyl (C=O) groups is 1. The number of ether oxygens (including phenoxy) is 1. The van der Waals surface area contributed by atoms with E-state index in [-0.39, 0.29) is 0 Å². The summed E-state index contributed by atoms with van der Waals surface area (Å²) in [5.41, 5.74) is 2.15. The molecular weight excluding hydrogens is 252 g/mol. The molecule has 0 amide bonds. The van der Waals surface area contributed by atoms with Gasteiger partial charge in [-0.25, -0.2) is 4.79 Å². The maximum Gasteiger partial charge on any atom is 0.345 e. The third kappa shape index (κ3) is 3.85. The van der Waals surface area contributed by atoms with Gasteiger partial charge >= 0.3 is 5.97 Å². The van der Waals surface area contributed by atoms with Gasteiger partial charge in [-0.1, -0.05) is 49.4 Å². The van der Waals surface area contributed by atoms with Gasteiger partial charge in [-0.2, -0.15) is 0 Å². The summed E-state index contributed by atoms with van der Waals surface area (Å²) < 4.78 is 5.58. The monoisotopic (exact) mass is 270 g/mol. The second-order valence-electron chi connectivity index (χ2n) is 4.63. The van der Waals surface area contributed by atoms with E-state index in [0.717, 1.165) is 12.0 Å². The second kappa shape index (κ2) is 6.75. The minimum Gasteiger partial charge on any atom is -0.478 e. The van der Waals surface area contributed by atoms with E-state index in [4.69, 9.17) is 4.74 Å². The Kier molecular flexibility index (Phi) is 4.77. The first kappa shape index (κ1) is 14.1. The number of benzene rings is 2. The number of carboxylic acid groups (broad SMARTS) is 1. The molecule has 1 unspecified atom stereocenters. The first-order valence-electron chi connectivity index (χ1n) is 6.71. The highest BCUT2D eigenvalue weighted by Gasteiger charge is 2.19. The van der Waals surface area contributed by atoms with Gasteiger partial charge in [0.15, 0.2) is 6.10 Å². The van der Waals surface area contributed by atoms with Crippen molar-refractivity contribution in [3.8, 4) is 5.75 Å². The summed E-state index contributed by atoms with van der Waals surface area (Å²) >= 11 is 0. The van der Waals surface area contributed by atoms with Gasteiger partial charge in [-0.3, -0.25) is 0 Å². The molecule has 0 saturated heterocycles. The van der Waals surface area contributed by atoms with E-state index in [1.807, 2.05) is 54.6 Å². The van der Waals surface area contributed by atoms with Gasteiger partial charge in [0.05, 0.1) is 0 Å². The lowest BCUT2D eigenvalue weighted by molar-refractivity contribution is -0.145. The zero-order chi connectivity index (χ0) is 14.4. The van der Waals surface area contributed by atoms with E-state index in [2.05, 4.69) is 6.92 Å². The van der Waals surface area contributed by atoms with Crippen molar-refractivity contribution in [2.45, 2.75) is 25.9 Å². The fourth-order valence-corrected chi connectivity index (χ4v) is 1.98. The van der Waals surface area contributed by atoms with Crippen LogP contribution in [0.1, 0.15) is 18.1 Å². The number of aliphatic carboxylic acids is 1. The molecule has 0 aliphatic rings. The molecule has 0 aromatic heterocycles. The molecule has 2 rings (SSSR count). The molecular formula is C17H18O3. The Morgan fingerprint density at radius 1 is 1.05 bits per heavy atom. The summed E-state index contributed by atoms with van der Waals surface area (Å²) in [5.74, 6) is -0.362. The molecule has 0 saturated carbocycles. The maximum absolute atomic E-state index is 11.3. The van der Waals surface area contributed by atoms with Crippen molar-refractivity contribution in [3.63, 3.8) is 0 Å². The van der Waals surface area contributed by atoms with E-state index >= 15 is 0 Å². The fraction of sp³-hybridized carbons (Fsp3) is 0.235. The van der Waals surface area contributed by atoms with Gasteiger partial charge in [-0.15, -0.1) is 0 Å². The van der Waals surface area contributed by atoms with E-state index in [1.165, 1.54) is 5.56 Å². The van der Waals surface area contributed by atoms with Gasteiger partial charge in [0.25, 0.3) is 0 Å². The predicted octanol–water partition coefficient (Wildman–Crippen LogP) is 3.32. The van der Waals surface area contributed by atoms with Crippen LogP contribution in [0.2, 0.25) is 0 Å². The Morgan fingerprint density at radius 2 is 1.70 bits per heavy atom. The average Bonchev–Trinajstić information content (AvgIpc) is 2.48. The molecule has 0 spiro atoms. The minimum atomic E-state index is -0.951. The van der Waals surface area contributed by atoms with Gasteiger partial charge in [-0.05, 0) is 29.7 Å². The van der Waals surface area contributed by atoms with E-state index in [0.29, 0.717) is 12.2 Å². The van der Waals surface area contributed by atoms with Crippen molar-refractivity contribution in [1.29, 1.82) is 0 Å². The van der Waals surface area contributed by atoms with Gasteiger partial charge < -0.3 is 9.84 Å². The van der Waals surface area contributed by atoms with E-state index in [9.17, 15) is 9.90 Å². The first-order chi connectivity index (χ1) is 9.69. The highest BCUT2D eigenvalue weighted by atomic mass is 16.5. The molecule has 2 aromatic carbocycles. The minimum absolute atomic E-state index is 0.353. The lowest BCUT2D eigenvalue weighted by Gasteiger charge is -2.15. The zero-order valence-electron chi connectivity index (χ0n) is 11.5. The summed E-state index contributed by atoms with van der Waals surface area (Å²) in [6.07, 6.45) is 0.433. The molecule has 0 aliphatic heterocycles. The lowest BCUT2D eigenvalue weighted by atomic mass is 10.1. The number of rotatable bonds is 6. The molecule has 0 heterocycles. The third-order valence-electron chi connectivity index (χ3n) is 3.15. The molecule has 1 N–H and O–H groups in total. The Morgan fingerprint density at radius 3 is 2.25 bits per heavy atom. The van der Waals surface area contributed by atoms with Gasteiger partial charge in [0, 0.05) is 6.42 Å². The largest absolute Gasteiger partial charge is 0.478 e. The molecule has 1 atom stereocenters. The van der Waals surface area contributed by atoms with Crippen LogP contribution in [0.5, 0.6) is 5.75 Å². The van der Waals surface area contributed by atoms with Crippen molar-refractivity contribution in [2.24, 2.45) is 0 Å². The van der Waals surface area contributed by atoms with Gasteiger partial charge in [0.1, 0.15) is 5.75 Å². The highest BCUT2D eigenvalue weighted by molar-refractivity contribution is 5.73. The predicted molar refractivity (Wildman–Crippen MR) is 78.0 cm³/mol. The summed E-state index contributed by atoms with van der Waals surface area (Å²) in [4.78, 5) is 11.3. The van der Waals surface area contributed by atoms with E-state index in [1.54, 1.807) is 0 Å². The number of hydrogen-bond donors (Lipinski definition) is 1. The summed E-state index contributed by atoms with van der Waals surface area (Å²) in [6.45, 7) is 2.07. The van der Waals surface area contributed by atoms with Crippen LogP contribution in [-0.4, -0.2) is 17.2 Å². The van der Waals surface area contributed by atoms with Crippen molar-refractivity contribution in [1.82, 2.24) is 0 Å². The maximum atomic E-state index is 11.3. The van der Waals surface area contributed by atoms with Gasteiger partial charge in [0.2, 0.25) is 0 Å². The van der Waals surface area contributed by atoms with Crippen LogP contribution in [0.25, 0.3) is 0 Å². The molecule has 2 aromatic rings. The van der Waals surface area contributed by atoms with Crippen LogP contribution in [-0.2, 0) is 17.6 Å². The van der Waals surface area contributed by atoms with Crippen LogP contribution in [0, 0.1) is 0 Å². The average molecular weight is 270 g/mol. The molecule has 0 fully saturated rings. The number of aryl methyl sites for hydroxylation is 1. The second-order valence-corrected chi connectivity index (χ2v) is 4.63. The fourth-order valence-electron chi connectivity index (χ4n) is 1.98. The number of carboxylic acids is 1. The van der Waals surface area contributed by atoms with Crippen molar-refractivity contribution in [3.05, 3.63) is 65.7 Å². The summed E-state index contributed by atoms with van der Waals surface area (Å²) in [7, 11) is 0. The topological polar surface area (TPSA) is 46.5 Å². The van der Waals surface area contributed by atoms with Crippen LogP contribution < -0.4 is 4.74 Å². The molecule has 104 valence electrons. The normalized spacial score (nSPS) is 11.8. The quantitative estimate of drug-likeness (QED) is 0.875. The van der Waals surface area contributed by atoms with Crippen LogP contribution >= 0.6 is 0 Å². The molecule has 0 bridgehead atoms. The third-order valence-corrected chi connectivity index (χ3v) is 3.15. The van der Waals surface area contributed by atoms with Crippen LogP contribution in [0.4, 0.5) is 0 Å². The SMILES string of the molecule is CCc1ccc(OC(Cc2ccccc2)C(=O)O)cc1. The summed E-state index contributed by atoms with van der Waals surface area (Å²) in [6, 6.07) is 17.0. The molecule has 20 heavy (non-hydrogen) atoms. The smallest absolute Gasteiger partial charge is 0.345 e. The molecule has 0 aliphatic carbocycles. The Hall–Kier alpha value is -2.29. The van der Waals surface area contributed by atoms with Crippen molar-refractivity contribution < 1.29 is 14.6 Å². The van der Waals surface area contributed by atoms with Crippen molar-refractivity contribution in [2.75, 3.05) is 0 Å². The van der Waals surface area contributed by atoms with Crippen molar-refractivity contribution >= 4 is 5.97 Å². The summed E-state index contributed by atoms with van der Waals surface area (Å²) in [5, 5.41) is 9.27. The molecule has 3 heteroatoms. The Balaban J connectivity index is 2.07. The Labute approximate surface area is 118 Å². The zero-order valence-corrected chi connectivity index (χ0v) is 11.5. The lowest BCUT2D eigenvalue weighted by Crippen LogP contribution is -2.29. The standard InChI is InChI=1S/C17H18O3/c1-2-13-8-10-15(11-9-13)20-16(17(18)19)12-14-6-4-3-5-7-14/h3-11,16H,2,12H2,1H3,(H,18,19). The van der Waals surface area contributed by atoms with E-state index < -0.39 is 12.1 Å².